The lowest BCUT2D eigenvalue weighted by Crippen LogP contribution is -2.12. The summed E-state index contributed by atoms with van der Waals surface area (Å²) in [6.45, 7) is 20.5. The first-order valence-electron chi connectivity index (χ1n) is 9.66. The van der Waals surface area contributed by atoms with E-state index in [0.717, 1.165) is 32.0 Å². The molecule has 0 radical (unpaired) electrons. The molecule has 2 N–H and O–H groups in total. The normalized spacial score (nSPS) is 11.8. The number of benzene rings is 2. The zero-order valence-corrected chi connectivity index (χ0v) is 19.4. The molecule has 0 saturated carbocycles. The summed E-state index contributed by atoms with van der Waals surface area (Å²) in [5.74, 6) is 0.767. The summed E-state index contributed by atoms with van der Waals surface area (Å²) in [4.78, 5) is 2.20. The fourth-order valence-corrected chi connectivity index (χ4v) is 3.99. The Bertz CT molecular complexity index is 726. The van der Waals surface area contributed by atoms with Gasteiger partial charge in [0.05, 0.1) is 0 Å². The van der Waals surface area contributed by atoms with Gasteiger partial charge in [-0.25, -0.2) is 0 Å². The lowest BCUT2D eigenvalue weighted by Gasteiger charge is -2.24. The lowest BCUT2D eigenvalue weighted by molar-refractivity contribution is 0.441. The van der Waals surface area contributed by atoms with Crippen LogP contribution in [-0.2, 0) is 10.8 Å². The van der Waals surface area contributed by atoms with Crippen LogP contribution in [0.15, 0.2) is 34.1 Å². The van der Waals surface area contributed by atoms with Crippen LogP contribution in [0.3, 0.4) is 0 Å². The summed E-state index contributed by atoms with van der Waals surface area (Å²) in [6.07, 6.45) is 0. The van der Waals surface area contributed by atoms with Gasteiger partial charge in [0, 0.05) is 20.9 Å². The SMILES string of the molecule is CC.Cc1cc(Sc2cc(C)c(O)c(C(C)(C)C)c2)cc(C(C)(C)C)c1O. The summed E-state index contributed by atoms with van der Waals surface area (Å²) in [6, 6.07) is 8.19. The molecule has 0 bridgehead atoms. The maximum Gasteiger partial charge on any atom is 0.122 e. The second-order valence-corrected chi connectivity index (χ2v) is 10.0. The monoisotopic (exact) mass is 388 g/mol. The highest BCUT2D eigenvalue weighted by atomic mass is 32.2. The summed E-state index contributed by atoms with van der Waals surface area (Å²) in [5, 5.41) is 20.8. The first-order chi connectivity index (χ1) is 12.3. The molecule has 2 nitrogen and oxygen atoms in total. The van der Waals surface area contributed by atoms with Gasteiger partial charge in [-0.2, -0.15) is 0 Å². The highest BCUT2D eigenvalue weighted by molar-refractivity contribution is 7.99. The summed E-state index contributed by atoms with van der Waals surface area (Å²) in [5.41, 5.74) is 3.46. The van der Waals surface area contributed by atoms with Gasteiger partial charge in [0.15, 0.2) is 0 Å². The van der Waals surface area contributed by atoms with Crippen LogP contribution < -0.4 is 0 Å². The van der Waals surface area contributed by atoms with E-state index in [1.165, 1.54) is 0 Å². The Morgan fingerprint density at radius 3 is 1.19 bits per heavy atom. The third-order valence-electron chi connectivity index (χ3n) is 4.40. The van der Waals surface area contributed by atoms with E-state index in [9.17, 15) is 10.2 Å². The van der Waals surface area contributed by atoms with Crippen molar-refractivity contribution < 1.29 is 10.2 Å². The van der Waals surface area contributed by atoms with Crippen molar-refractivity contribution in [2.75, 3.05) is 0 Å². The van der Waals surface area contributed by atoms with E-state index in [1.54, 1.807) is 11.8 Å². The minimum Gasteiger partial charge on any atom is -0.507 e. The molecule has 0 spiro atoms. The van der Waals surface area contributed by atoms with Crippen LogP contribution in [0.25, 0.3) is 0 Å². The molecular formula is C24H36O2S. The molecule has 0 aromatic heterocycles. The molecule has 0 heterocycles. The predicted octanol–water partition coefficient (Wildman–Crippen LogP) is 7.49. The van der Waals surface area contributed by atoms with Crippen molar-refractivity contribution in [3.63, 3.8) is 0 Å². The Hall–Kier alpha value is -1.61. The van der Waals surface area contributed by atoms with Crippen molar-refractivity contribution in [1.82, 2.24) is 0 Å². The average molecular weight is 389 g/mol. The third-order valence-corrected chi connectivity index (χ3v) is 5.34. The summed E-state index contributed by atoms with van der Waals surface area (Å²) >= 11 is 1.67. The fraction of sp³-hybridized carbons (Fsp3) is 0.500. The van der Waals surface area contributed by atoms with Crippen molar-refractivity contribution in [3.8, 4) is 11.5 Å². The number of phenols is 2. The molecule has 2 aromatic carbocycles. The third kappa shape index (κ3) is 5.68. The molecule has 2 aromatic rings. The molecule has 0 aliphatic carbocycles. The molecular weight excluding hydrogens is 352 g/mol. The van der Waals surface area contributed by atoms with Crippen molar-refractivity contribution in [3.05, 3.63) is 46.5 Å². The van der Waals surface area contributed by atoms with E-state index >= 15 is 0 Å². The van der Waals surface area contributed by atoms with Crippen molar-refractivity contribution in [2.24, 2.45) is 0 Å². The largest absolute Gasteiger partial charge is 0.507 e. The Labute approximate surface area is 170 Å². The van der Waals surface area contributed by atoms with Crippen LogP contribution in [0.4, 0.5) is 0 Å². The zero-order valence-electron chi connectivity index (χ0n) is 18.6. The number of hydrogen-bond acceptors (Lipinski definition) is 3. The Kier molecular flexibility index (Phi) is 7.46. The molecule has 0 aliphatic heterocycles. The molecule has 0 unspecified atom stereocenters. The Morgan fingerprint density at radius 2 is 0.926 bits per heavy atom. The summed E-state index contributed by atoms with van der Waals surface area (Å²) in [7, 11) is 0. The molecule has 0 saturated heterocycles. The van der Waals surface area contributed by atoms with E-state index in [-0.39, 0.29) is 10.8 Å². The van der Waals surface area contributed by atoms with E-state index in [0.29, 0.717) is 11.5 Å². The molecule has 0 atom stereocenters. The molecule has 0 aliphatic rings. The average Bonchev–Trinajstić information content (AvgIpc) is 2.53. The maximum atomic E-state index is 10.4. The predicted molar refractivity (Wildman–Crippen MR) is 119 cm³/mol. The minimum atomic E-state index is -0.118. The standard InChI is InChI=1S/C22H30O2S.C2H6/c1-13-9-15(11-17(19(13)23)21(3,4)5)25-16-10-14(2)20(24)18(12-16)22(6,7)8;1-2/h9-12,23-24H,1-8H3;1-2H3. The molecule has 0 amide bonds. The quantitative estimate of drug-likeness (QED) is 0.560. The van der Waals surface area contributed by atoms with Crippen LogP contribution in [0.5, 0.6) is 11.5 Å². The second-order valence-electron chi connectivity index (χ2n) is 8.87. The fourth-order valence-electron chi connectivity index (χ4n) is 2.89. The van der Waals surface area contributed by atoms with E-state index < -0.39 is 0 Å². The first-order valence-corrected chi connectivity index (χ1v) is 10.5. The van der Waals surface area contributed by atoms with Crippen LogP contribution in [0.2, 0.25) is 0 Å². The van der Waals surface area contributed by atoms with Gasteiger partial charge >= 0.3 is 0 Å². The first kappa shape index (κ1) is 23.4. The smallest absolute Gasteiger partial charge is 0.122 e. The van der Waals surface area contributed by atoms with E-state index in [1.807, 2.05) is 39.8 Å². The molecule has 3 heteroatoms. The minimum absolute atomic E-state index is 0.118. The molecule has 150 valence electrons. The number of rotatable bonds is 2. The highest BCUT2D eigenvalue weighted by Crippen LogP contribution is 2.41. The topological polar surface area (TPSA) is 40.5 Å². The molecule has 0 fully saturated rings. The lowest BCUT2D eigenvalue weighted by atomic mass is 9.85. The van der Waals surface area contributed by atoms with Gasteiger partial charge in [-0.3, -0.25) is 0 Å². The van der Waals surface area contributed by atoms with Gasteiger partial charge < -0.3 is 10.2 Å². The van der Waals surface area contributed by atoms with Gasteiger partial charge in [0.25, 0.3) is 0 Å². The van der Waals surface area contributed by atoms with Crippen LogP contribution in [-0.4, -0.2) is 10.2 Å². The number of aryl methyl sites for hydroxylation is 2. The van der Waals surface area contributed by atoms with Gasteiger partial charge in [-0.1, -0.05) is 67.2 Å². The Balaban J connectivity index is 0.00000176. The van der Waals surface area contributed by atoms with Crippen molar-refractivity contribution >= 4 is 11.8 Å². The summed E-state index contributed by atoms with van der Waals surface area (Å²) < 4.78 is 0. The molecule has 2 rings (SSSR count). The number of hydrogen-bond donors (Lipinski definition) is 2. The van der Waals surface area contributed by atoms with Gasteiger partial charge in [-0.05, 0) is 60.1 Å². The maximum absolute atomic E-state index is 10.4. The number of aromatic hydroxyl groups is 2. The highest BCUT2D eigenvalue weighted by Gasteiger charge is 2.22. The zero-order chi connectivity index (χ0) is 21.2. The number of phenolic OH excluding ortho intramolecular Hbond substituents is 2. The Morgan fingerprint density at radius 1 is 0.630 bits per heavy atom. The van der Waals surface area contributed by atoms with Gasteiger partial charge in [0.1, 0.15) is 11.5 Å². The van der Waals surface area contributed by atoms with Gasteiger partial charge in [-0.15, -0.1) is 0 Å². The second kappa shape index (κ2) is 8.60. The van der Waals surface area contributed by atoms with Crippen LogP contribution in [0.1, 0.15) is 77.6 Å². The van der Waals surface area contributed by atoms with Crippen molar-refractivity contribution in [1.29, 1.82) is 0 Å². The van der Waals surface area contributed by atoms with Crippen LogP contribution in [0, 0.1) is 13.8 Å². The van der Waals surface area contributed by atoms with Crippen molar-refractivity contribution in [2.45, 2.75) is 89.9 Å². The van der Waals surface area contributed by atoms with Gasteiger partial charge in [0.2, 0.25) is 0 Å². The molecule has 27 heavy (non-hydrogen) atoms. The van der Waals surface area contributed by atoms with E-state index in [2.05, 4.69) is 53.7 Å². The van der Waals surface area contributed by atoms with Crippen LogP contribution >= 0.6 is 11.8 Å². The van der Waals surface area contributed by atoms with E-state index in [4.69, 9.17) is 0 Å².